The predicted molar refractivity (Wildman–Crippen MR) is 93.7 cm³/mol. The lowest BCUT2D eigenvalue weighted by molar-refractivity contribution is -0.121. The van der Waals surface area contributed by atoms with E-state index < -0.39 is 5.82 Å². The maximum atomic E-state index is 13.3. The van der Waals surface area contributed by atoms with Gasteiger partial charge in [0.2, 0.25) is 11.7 Å². The van der Waals surface area contributed by atoms with E-state index in [9.17, 15) is 14.0 Å². The van der Waals surface area contributed by atoms with Crippen LogP contribution >= 0.6 is 0 Å². The Labute approximate surface area is 149 Å². The summed E-state index contributed by atoms with van der Waals surface area (Å²) in [5.74, 6) is -0.145. The molecule has 0 saturated heterocycles. The number of amides is 1. The summed E-state index contributed by atoms with van der Waals surface area (Å²) < 4.78 is 18.5. The standard InChI is InChI=1S/C19H16FN3O3/c1-12(24)8-9-17(25)21-16-7-3-4-13(11-16)18-22-19(26-23-18)14-5-2-6-15(20)10-14/h2-7,10-11H,8-9H2,1H3,(H,21,25). The molecule has 1 heterocycles. The third-order valence-corrected chi connectivity index (χ3v) is 3.61. The smallest absolute Gasteiger partial charge is 0.258 e. The van der Waals surface area contributed by atoms with E-state index in [-0.39, 0.29) is 30.4 Å². The summed E-state index contributed by atoms with van der Waals surface area (Å²) in [6.45, 7) is 1.44. The largest absolute Gasteiger partial charge is 0.334 e. The van der Waals surface area contributed by atoms with Crippen molar-refractivity contribution < 1.29 is 18.5 Å². The van der Waals surface area contributed by atoms with E-state index in [1.165, 1.54) is 19.1 Å². The first-order valence-corrected chi connectivity index (χ1v) is 8.00. The molecule has 0 spiro atoms. The first-order valence-electron chi connectivity index (χ1n) is 8.00. The van der Waals surface area contributed by atoms with Crippen LogP contribution in [0.15, 0.2) is 53.1 Å². The molecule has 3 aromatic rings. The van der Waals surface area contributed by atoms with E-state index in [0.717, 1.165) is 0 Å². The molecule has 0 fully saturated rings. The number of nitrogens with one attached hydrogen (secondary N) is 1. The van der Waals surface area contributed by atoms with E-state index in [4.69, 9.17) is 4.52 Å². The highest BCUT2D eigenvalue weighted by molar-refractivity contribution is 5.93. The molecule has 0 bridgehead atoms. The number of halogens is 1. The number of carbonyl (C=O) groups excluding carboxylic acids is 2. The van der Waals surface area contributed by atoms with Gasteiger partial charge in [0.25, 0.3) is 5.89 Å². The van der Waals surface area contributed by atoms with Crippen molar-refractivity contribution in [3.05, 3.63) is 54.3 Å². The van der Waals surface area contributed by atoms with Gasteiger partial charge in [-0.05, 0) is 37.3 Å². The summed E-state index contributed by atoms with van der Waals surface area (Å²) in [7, 11) is 0. The van der Waals surface area contributed by atoms with Crippen molar-refractivity contribution in [3.63, 3.8) is 0 Å². The molecule has 1 N–H and O–H groups in total. The Balaban J connectivity index is 1.76. The summed E-state index contributed by atoms with van der Waals surface area (Å²) >= 11 is 0. The van der Waals surface area contributed by atoms with Gasteiger partial charge in [-0.15, -0.1) is 0 Å². The van der Waals surface area contributed by atoms with Gasteiger partial charge in [0.1, 0.15) is 11.6 Å². The molecule has 0 unspecified atom stereocenters. The molecule has 7 heteroatoms. The summed E-state index contributed by atoms with van der Waals surface area (Å²) in [4.78, 5) is 27.1. The number of rotatable bonds is 6. The van der Waals surface area contributed by atoms with Crippen molar-refractivity contribution >= 4 is 17.4 Å². The van der Waals surface area contributed by atoms with Gasteiger partial charge in [-0.25, -0.2) is 4.39 Å². The Morgan fingerprint density at radius 1 is 1.08 bits per heavy atom. The first kappa shape index (κ1) is 17.5. The zero-order valence-corrected chi connectivity index (χ0v) is 14.0. The normalized spacial score (nSPS) is 10.5. The molecule has 0 aliphatic heterocycles. The molecule has 6 nitrogen and oxygen atoms in total. The average molecular weight is 353 g/mol. The lowest BCUT2D eigenvalue weighted by Crippen LogP contribution is -2.12. The van der Waals surface area contributed by atoms with Gasteiger partial charge in [0.05, 0.1) is 0 Å². The number of ketones is 1. The van der Waals surface area contributed by atoms with Gasteiger partial charge >= 0.3 is 0 Å². The molecule has 0 radical (unpaired) electrons. The molecule has 132 valence electrons. The molecule has 1 aromatic heterocycles. The van der Waals surface area contributed by atoms with Crippen LogP contribution in [-0.4, -0.2) is 21.8 Å². The summed E-state index contributed by atoms with van der Waals surface area (Å²) in [6, 6.07) is 12.8. The lowest BCUT2D eigenvalue weighted by Gasteiger charge is -2.05. The Morgan fingerprint density at radius 2 is 1.85 bits per heavy atom. The van der Waals surface area contributed by atoms with Gasteiger partial charge in [0, 0.05) is 29.7 Å². The monoisotopic (exact) mass is 353 g/mol. The summed E-state index contributed by atoms with van der Waals surface area (Å²) in [6.07, 6.45) is 0.332. The lowest BCUT2D eigenvalue weighted by atomic mass is 10.1. The van der Waals surface area contributed by atoms with Crippen molar-refractivity contribution in [3.8, 4) is 22.8 Å². The molecule has 1 amide bonds. The molecule has 26 heavy (non-hydrogen) atoms. The van der Waals surface area contributed by atoms with Crippen LogP contribution in [0.25, 0.3) is 22.8 Å². The van der Waals surface area contributed by atoms with Crippen LogP contribution in [0.1, 0.15) is 19.8 Å². The fraction of sp³-hybridized carbons (Fsp3) is 0.158. The minimum Gasteiger partial charge on any atom is -0.334 e. The van der Waals surface area contributed by atoms with Crippen LogP contribution in [0.5, 0.6) is 0 Å². The fourth-order valence-corrected chi connectivity index (χ4v) is 2.33. The fourth-order valence-electron chi connectivity index (χ4n) is 2.33. The second-order valence-corrected chi connectivity index (χ2v) is 5.76. The molecule has 0 atom stereocenters. The molecule has 0 saturated carbocycles. The Morgan fingerprint density at radius 3 is 2.62 bits per heavy atom. The van der Waals surface area contributed by atoms with Crippen molar-refractivity contribution in [1.29, 1.82) is 0 Å². The number of hydrogen-bond donors (Lipinski definition) is 1. The average Bonchev–Trinajstić information content (AvgIpc) is 3.10. The van der Waals surface area contributed by atoms with Crippen LogP contribution < -0.4 is 5.32 Å². The number of aromatic nitrogens is 2. The quantitative estimate of drug-likeness (QED) is 0.727. The SMILES string of the molecule is CC(=O)CCC(=O)Nc1cccc(-c2noc(-c3cccc(F)c3)n2)c1. The molecule has 2 aromatic carbocycles. The number of anilines is 1. The highest BCUT2D eigenvalue weighted by atomic mass is 19.1. The highest BCUT2D eigenvalue weighted by Crippen LogP contribution is 2.24. The van der Waals surface area contributed by atoms with Crippen LogP contribution in [-0.2, 0) is 9.59 Å². The Bertz CT molecular complexity index is 952. The van der Waals surface area contributed by atoms with Gasteiger partial charge in [-0.2, -0.15) is 4.98 Å². The topological polar surface area (TPSA) is 85.1 Å². The summed E-state index contributed by atoms with van der Waals surface area (Å²) in [5.41, 5.74) is 1.69. The number of nitrogens with zero attached hydrogens (tertiary/aromatic N) is 2. The minimum atomic E-state index is -0.391. The van der Waals surface area contributed by atoms with Gasteiger partial charge in [-0.1, -0.05) is 23.4 Å². The highest BCUT2D eigenvalue weighted by Gasteiger charge is 2.12. The molecule has 0 aliphatic carbocycles. The van der Waals surface area contributed by atoms with Crippen molar-refractivity contribution in [2.75, 3.05) is 5.32 Å². The Kier molecular flexibility index (Phi) is 5.17. The zero-order chi connectivity index (χ0) is 18.5. The first-order chi connectivity index (χ1) is 12.5. The van der Waals surface area contributed by atoms with E-state index in [2.05, 4.69) is 15.5 Å². The van der Waals surface area contributed by atoms with Crippen molar-refractivity contribution in [2.45, 2.75) is 19.8 Å². The summed E-state index contributed by atoms with van der Waals surface area (Å²) in [5, 5.41) is 6.63. The van der Waals surface area contributed by atoms with Crippen LogP contribution in [0.4, 0.5) is 10.1 Å². The molecular weight excluding hydrogens is 337 g/mol. The maximum absolute atomic E-state index is 13.3. The van der Waals surface area contributed by atoms with Gasteiger partial charge < -0.3 is 14.6 Å². The minimum absolute atomic E-state index is 0.0365. The van der Waals surface area contributed by atoms with Crippen molar-refractivity contribution in [1.82, 2.24) is 10.1 Å². The predicted octanol–water partition coefficient (Wildman–Crippen LogP) is 3.85. The maximum Gasteiger partial charge on any atom is 0.258 e. The van der Waals surface area contributed by atoms with E-state index in [0.29, 0.717) is 22.6 Å². The van der Waals surface area contributed by atoms with E-state index in [1.54, 1.807) is 36.4 Å². The van der Waals surface area contributed by atoms with Crippen molar-refractivity contribution in [2.24, 2.45) is 0 Å². The van der Waals surface area contributed by atoms with Crippen LogP contribution in [0, 0.1) is 5.82 Å². The number of benzene rings is 2. The third-order valence-electron chi connectivity index (χ3n) is 3.61. The Hall–Kier alpha value is -3.35. The second kappa shape index (κ2) is 7.69. The third kappa shape index (κ3) is 4.38. The molecular formula is C19H16FN3O3. The number of hydrogen-bond acceptors (Lipinski definition) is 5. The van der Waals surface area contributed by atoms with E-state index in [1.807, 2.05) is 0 Å². The number of carbonyl (C=O) groups is 2. The van der Waals surface area contributed by atoms with Gasteiger partial charge in [-0.3, -0.25) is 4.79 Å². The van der Waals surface area contributed by atoms with Gasteiger partial charge in [0.15, 0.2) is 0 Å². The number of Topliss-reactive ketones (excluding diaryl/α,β-unsaturated/α-hetero) is 1. The molecule has 0 aliphatic rings. The molecule has 3 rings (SSSR count). The van der Waals surface area contributed by atoms with Crippen LogP contribution in [0.2, 0.25) is 0 Å². The van der Waals surface area contributed by atoms with Crippen LogP contribution in [0.3, 0.4) is 0 Å². The zero-order valence-electron chi connectivity index (χ0n) is 14.0. The van der Waals surface area contributed by atoms with E-state index >= 15 is 0 Å². The second-order valence-electron chi connectivity index (χ2n) is 5.76.